The van der Waals surface area contributed by atoms with E-state index in [1.807, 2.05) is 0 Å². The Hall–Kier alpha value is 0.130. The average molecular weight is 388 g/mol. The molecule has 0 spiro atoms. The molecule has 0 aliphatic carbocycles. The Bertz CT molecular complexity index is 397. The van der Waals surface area contributed by atoms with Gasteiger partial charge in [-0.2, -0.15) is 0 Å². The second-order valence-corrected chi connectivity index (χ2v) is 5.07. The number of rotatable bonds is 1. The van der Waals surface area contributed by atoms with Crippen molar-refractivity contribution in [3.63, 3.8) is 0 Å². The van der Waals surface area contributed by atoms with E-state index in [9.17, 15) is 4.79 Å². The molecule has 1 atom stereocenters. The Balaban J connectivity index is 3.40. The van der Waals surface area contributed by atoms with Gasteiger partial charge >= 0.3 is 5.97 Å². The maximum atomic E-state index is 11.3. The number of nitrogens with two attached hydrogens (primary N) is 1. The lowest BCUT2D eigenvalue weighted by Crippen LogP contribution is -2.14. The zero-order valence-corrected chi connectivity index (χ0v) is 12.2. The first-order valence-electron chi connectivity index (χ1n) is 3.60. The van der Waals surface area contributed by atoms with Crippen molar-refractivity contribution in [3.05, 3.63) is 19.7 Å². The molecule has 14 heavy (non-hydrogen) atoms. The van der Waals surface area contributed by atoms with Crippen molar-refractivity contribution in [2.75, 3.05) is 12.8 Å². The van der Waals surface area contributed by atoms with E-state index < -0.39 is 5.97 Å². The molecule has 0 amide bonds. The van der Waals surface area contributed by atoms with Gasteiger partial charge in [0.2, 0.25) is 0 Å². The number of methoxy groups -OCH3 is 1. The number of benzene rings is 1. The van der Waals surface area contributed by atoms with E-state index in [4.69, 9.17) is 5.73 Å². The zero-order valence-electron chi connectivity index (χ0n) is 7.30. The molecule has 76 valence electrons. The van der Waals surface area contributed by atoms with Gasteiger partial charge in [0.1, 0.15) is 0 Å². The molecule has 2 N–H and O–H groups in total. The van der Waals surface area contributed by atoms with E-state index >= 15 is 0 Å². The maximum absolute atomic E-state index is 11.3. The van der Waals surface area contributed by atoms with Gasteiger partial charge in [-0.25, -0.2) is 4.79 Å². The summed E-state index contributed by atoms with van der Waals surface area (Å²) < 4.78 is 6.42. The minimum absolute atomic E-state index is 0.394. The molecular formula is C8H8BrINO2P. The van der Waals surface area contributed by atoms with Crippen molar-refractivity contribution in [1.82, 2.24) is 0 Å². The maximum Gasteiger partial charge on any atom is 0.340 e. The highest BCUT2D eigenvalue weighted by Gasteiger charge is 2.15. The summed E-state index contributed by atoms with van der Waals surface area (Å²) in [6.45, 7) is 0. The van der Waals surface area contributed by atoms with Gasteiger partial charge in [-0.1, -0.05) is 0 Å². The first-order chi connectivity index (χ1) is 6.49. The second kappa shape index (κ2) is 4.77. The van der Waals surface area contributed by atoms with Crippen LogP contribution >= 0.6 is 47.8 Å². The van der Waals surface area contributed by atoms with Crippen molar-refractivity contribution >= 4 is 64.7 Å². The third-order valence-corrected chi connectivity index (χ3v) is 5.17. The van der Waals surface area contributed by atoms with Gasteiger partial charge < -0.3 is 10.5 Å². The van der Waals surface area contributed by atoms with E-state index in [2.05, 4.69) is 52.5 Å². The van der Waals surface area contributed by atoms with Gasteiger partial charge in [-0.3, -0.25) is 0 Å². The van der Waals surface area contributed by atoms with Crippen LogP contribution in [0.3, 0.4) is 0 Å². The third-order valence-electron chi connectivity index (χ3n) is 1.70. The summed E-state index contributed by atoms with van der Waals surface area (Å²) in [7, 11) is 3.83. The largest absolute Gasteiger partial charge is 0.465 e. The lowest BCUT2D eigenvalue weighted by atomic mass is 10.2. The predicted molar refractivity (Wildman–Crippen MR) is 72.0 cm³/mol. The van der Waals surface area contributed by atoms with Crippen LogP contribution in [0.1, 0.15) is 10.4 Å². The van der Waals surface area contributed by atoms with Crippen molar-refractivity contribution < 1.29 is 9.53 Å². The summed E-state index contributed by atoms with van der Waals surface area (Å²) in [6, 6.07) is 1.69. The highest BCUT2D eigenvalue weighted by Crippen LogP contribution is 2.25. The van der Waals surface area contributed by atoms with E-state index in [0.29, 0.717) is 11.3 Å². The molecule has 0 aromatic heterocycles. The van der Waals surface area contributed by atoms with Crippen molar-refractivity contribution in [1.29, 1.82) is 0 Å². The Kier molecular flexibility index (Phi) is 4.15. The summed E-state index contributed by atoms with van der Waals surface area (Å²) in [5.41, 5.74) is 6.59. The summed E-state index contributed by atoms with van der Waals surface area (Å²) >= 11 is 5.49. The van der Waals surface area contributed by atoms with Gasteiger partial charge in [0, 0.05) is 13.3 Å². The van der Waals surface area contributed by atoms with Crippen LogP contribution in [0.4, 0.5) is 5.69 Å². The van der Waals surface area contributed by atoms with Crippen LogP contribution in [0.15, 0.2) is 10.5 Å². The molecule has 1 unspecified atom stereocenters. The summed E-state index contributed by atoms with van der Waals surface area (Å²) in [5.74, 6) is -0.420. The lowest BCUT2D eigenvalue weighted by Gasteiger charge is -2.09. The fraction of sp³-hybridized carbons (Fsp3) is 0.125. The lowest BCUT2D eigenvalue weighted by molar-refractivity contribution is 0.0602. The quantitative estimate of drug-likeness (QED) is 0.346. The highest BCUT2D eigenvalue weighted by molar-refractivity contribution is 14.1. The molecule has 0 heterocycles. The number of hydrogen-bond donors (Lipinski definition) is 1. The third kappa shape index (κ3) is 2.20. The summed E-state index contributed by atoms with van der Waals surface area (Å²) in [5, 5.41) is 0.775. The van der Waals surface area contributed by atoms with Gasteiger partial charge in [0.15, 0.2) is 0 Å². The molecule has 6 heteroatoms. The number of halogens is 2. The van der Waals surface area contributed by atoms with Gasteiger partial charge in [-0.15, -0.1) is 9.24 Å². The molecule has 0 aliphatic rings. The first kappa shape index (κ1) is 12.2. The normalized spacial score (nSPS) is 10.0. The monoisotopic (exact) mass is 387 g/mol. The standard InChI is InChI=1S/C8H8BrINO2P/c1-13-8(12)3-2-4(10)5(9)7(14)6(3)11/h2H,11,14H2,1H3. The fourth-order valence-corrected chi connectivity index (χ4v) is 2.47. The molecular weight excluding hydrogens is 380 g/mol. The first-order valence-corrected chi connectivity index (χ1v) is 6.05. The summed E-state index contributed by atoms with van der Waals surface area (Å²) in [6.07, 6.45) is 0. The van der Waals surface area contributed by atoms with Crippen LogP contribution in [0.25, 0.3) is 0 Å². The van der Waals surface area contributed by atoms with Crippen molar-refractivity contribution in [2.24, 2.45) is 0 Å². The van der Waals surface area contributed by atoms with Crippen LogP contribution in [0.5, 0.6) is 0 Å². The molecule has 0 bridgehead atoms. The highest BCUT2D eigenvalue weighted by atomic mass is 127. The zero-order chi connectivity index (χ0) is 10.9. The molecule has 0 aliphatic heterocycles. The number of nitrogen functional groups attached to an aromatic ring is 1. The predicted octanol–water partition coefficient (Wildman–Crippen LogP) is 1.92. The van der Waals surface area contributed by atoms with Crippen LogP contribution in [-0.4, -0.2) is 13.1 Å². The molecule has 1 aromatic carbocycles. The van der Waals surface area contributed by atoms with E-state index in [1.54, 1.807) is 6.07 Å². The van der Waals surface area contributed by atoms with Crippen LogP contribution < -0.4 is 11.0 Å². The number of hydrogen-bond acceptors (Lipinski definition) is 3. The van der Waals surface area contributed by atoms with Gasteiger partial charge in [-0.05, 0) is 44.6 Å². The summed E-state index contributed by atoms with van der Waals surface area (Å²) in [4.78, 5) is 11.3. The Morgan fingerprint density at radius 3 is 2.79 bits per heavy atom. The topological polar surface area (TPSA) is 52.3 Å². The molecule has 0 radical (unpaired) electrons. The molecule has 0 saturated carbocycles. The minimum atomic E-state index is -0.420. The molecule has 1 aromatic rings. The van der Waals surface area contributed by atoms with Crippen LogP contribution in [0.2, 0.25) is 0 Å². The Labute approximate surface area is 106 Å². The Morgan fingerprint density at radius 2 is 2.29 bits per heavy atom. The number of ether oxygens (including phenoxy) is 1. The van der Waals surface area contributed by atoms with Gasteiger partial charge in [0.25, 0.3) is 0 Å². The molecule has 1 rings (SSSR count). The van der Waals surface area contributed by atoms with Crippen molar-refractivity contribution in [2.45, 2.75) is 0 Å². The number of anilines is 1. The van der Waals surface area contributed by atoms with Crippen molar-refractivity contribution in [3.8, 4) is 0 Å². The Morgan fingerprint density at radius 1 is 1.71 bits per heavy atom. The van der Waals surface area contributed by atoms with Crippen LogP contribution in [-0.2, 0) is 4.74 Å². The SMILES string of the molecule is COC(=O)c1cc(I)c(Br)c(P)c1N. The smallest absolute Gasteiger partial charge is 0.340 e. The van der Waals surface area contributed by atoms with E-state index in [0.717, 1.165) is 13.3 Å². The average Bonchev–Trinajstić information content (AvgIpc) is 2.19. The van der Waals surface area contributed by atoms with E-state index in [-0.39, 0.29) is 0 Å². The number of esters is 1. The van der Waals surface area contributed by atoms with Crippen LogP contribution in [0, 0.1) is 3.57 Å². The number of carbonyl (C=O) groups is 1. The van der Waals surface area contributed by atoms with E-state index in [1.165, 1.54) is 7.11 Å². The molecule has 0 saturated heterocycles. The molecule has 0 fully saturated rings. The fourth-order valence-electron chi connectivity index (χ4n) is 0.939. The number of carbonyl (C=O) groups excluding carboxylic acids is 1. The second-order valence-electron chi connectivity index (χ2n) is 2.54. The van der Waals surface area contributed by atoms with Gasteiger partial charge in [0.05, 0.1) is 18.4 Å². The minimum Gasteiger partial charge on any atom is -0.465 e. The molecule has 3 nitrogen and oxygen atoms in total.